The summed E-state index contributed by atoms with van der Waals surface area (Å²) in [4.78, 5) is 11.9. The SMILES string of the molecule is CCCCCCCCOC(=O)c1ccc2c(c1)OCO2. The molecule has 4 heteroatoms. The van der Waals surface area contributed by atoms with Crippen LogP contribution in [0.4, 0.5) is 0 Å². The molecular weight excluding hydrogens is 256 g/mol. The molecule has 0 amide bonds. The second-order valence-electron chi connectivity index (χ2n) is 4.97. The summed E-state index contributed by atoms with van der Waals surface area (Å²) in [6.07, 6.45) is 7.08. The molecule has 0 aromatic heterocycles. The van der Waals surface area contributed by atoms with Gasteiger partial charge in [-0.3, -0.25) is 0 Å². The van der Waals surface area contributed by atoms with Crippen LogP contribution in [0.15, 0.2) is 18.2 Å². The number of benzene rings is 1. The molecule has 20 heavy (non-hydrogen) atoms. The van der Waals surface area contributed by atoms with E-state index >= 15 is 0 Å². The van der Waals surface area contributed by atoms with Gasteiger partial charge in [-0.15, -0.1) is 0 Å². The number of fused-ring (bicyclic) bond motifs is 1. The molecule has 0 atom stereocenters. The van der Waals surface area contributed by atoms with Gasteiger partial charge in [0.05, 0.1) is 12.2 Å². The van der Waals surface area contributed by atoms with E-state index in [4.69, 9.17) is 14.2 Å². The number of hydrogen-bond acceptors (Lipinski definition) is 4. The Hall–Kier alpha value is -1.71. The second kappa shape index (κ2) is 7.78. The van der Waals surface area contributed by atoms with Crippen molar-refractivity contribution in [3.8, 4) is 11.5 Å². The molecule has 1 heterocycles. The molecular formula is C16H22O4. The lowest BCUT2D eigenvalue weighted by atomic mass is 10.1. The van der Waals surface area contributed by atoms with E-state index in [2.05, 4.69) is 6.92 Å². The quantitative estimate of drug-likeness (QED) is 0.534. The standard InChI is InChI=1S/C16H22O4/c1-2-3-4-5-6-7-10-18-16(17)13-8-9-14-15(11-13)20-12-19-14/h8-9,11H,2-7,10,12H2,1H3. The molecule has 0 unspecified atom stereocenters. The average Bonchev–Trinajstić information content (AvgIpc) is 2.93. The maximum absolute atomic E-state index is 11.9. The summed E-state index contributed by atoms with van der Waals surface area (Å²) < 4.78 is 15.7. The Bertz CT molecular complexity index is 442. The Labute approximate surface area is 120 Å². The number of unbranched alkanes of at least 4 members (excludes halogenated alkanes) is 5. The summed E-state index contributed by atoms with van der Waals surface area (Å²) >= 11 is 0. The predicted molar refractivity (Wildman–Crippen MR) is 76.2 cm³/mol. The highest BCUT2D eigenvalue weighted by atomic mass is 16.7. The maximum Gasteiger partial charge on any atom is 0.338 e. The summed E-state index contributed by atoms with van der Waals surface area (Å²) in [5.74, 6) is 0.994. The molecule has 1 aromatic rings. The summed E-state index contributed by atoms with van der Waals surface area (Å²) in [6.45, 7) is 2.90. The molecule has 0 N–H and O–H groups in total. The highest BCUT2D eigenvalue weighted by molar-refractivity contribution is 5.90. The Morgan fingerprint density at radius 1 is 1.10 bits per heavy atom. The molecule has 1 aliphatic heterocycles. The number of carbonyl (C=O) groups excluding carboxylic acids is 1. The van der Waals surface area contributed by atoms with E-state index in [1.165, 1.54) is 25.7 Å². The zero-order chi connectivity index (χ0) is 14.2. The summed E-state index contributed by atoms with van der Waals surface area (Å²) in [5.41, 5.74) is 0.514. The average molecular weight is 278 g/mol. The molecule has 0 fully saturated rings. The first kappa shape index (κ1) is 14.7. The van der Waals surface area contributed by atoms with Crippen LogP contribution < -0.4 is 9.47 Å². The van der Waals surface area contributed by atoms with Gasteiger partial charge in [0.15, 0.2) is 11.5 Å². The molecule has 0 saturated carbocycles. The zero-order valence-electron chi connectivity index (χ0n) is 12.0. The summed E-state index contributed by atoms with van der Waals surface area (Å²) in [5, 5.41) is 0. The lowest BCUT2D eigenvalue weighted by Gasteiger charge is -2.05. The van der Waals surface area contributed by atoms with Crippen LogP contribution in [0.5, 0.6) is 11.5 Å². The van der Waals surface area contributed by atoms with Crippen molar-refractivity contribution in [2.75, 3.05) is 13.4 Å². The minimum atomic E-state index is -0.295. The van der Waals surface area contributed by atoms with Crippen molar-refractivity contribution in [3.05, 3.63) is 23.8 Å². The van der Waals surface area contributed by atoms with Crippen LogP contribution in [0, 0.1) is 0 Å². The molecule has 0 radical (unpaired) electrons. The van der Waals surface area contributed by atoms with Crippen molar-refractivity contribution in [3.63, 3.8) is 0 Å². The van der Waals surface area contributed by atoms with E-state index in [9.17, 15) is 4.79 Å². The van der Waals surface area contributed by atoms with Gasteiger partial charge in [-0.25, -0.2) is 4.79 Å². The molecule has 0 spiro atoms. The number of esters is 1. The van der Waals surface area contributed by atoms with Crippen LogP contribution in [-0.4, -0.2) is 19.4 Å². The van der Waals surface area contributed by atoms with E-state index in [0.717, 1.165) is 12.8 Å². The fraction of sp³-hybridized carbons (Fsp3) is 0.562. The lowest BCUT2D eigenvalue weighted by Crippen LogP contribution is -2.06. The summed E-state index contributed by atoms with van der Waals surface area (Å²) in [7, 11) is 0. The highest BCUT2D eigenvalue weighted by Crippen LogP contribution is 2.32. The van der Waals surface area contributed by atoms with Crippen molar-refractivity contribution in [2.45, 2.75) is 45.4 Å². The molecule has 1 aliphatic rings. The van der Waals surface area contributed by atoms with Gasteiger partial charge in [0.25, 0.3) is 0 Å². The van der Waals surface area contributed by atoms with Crippen LogP contribution in [0.2, 0.25) is 0 Å². The first-order valence-corrected chi connectivity index (χ1v) is 7.38. The van der Waals surface area contributed by atoms with Crippen molar-refractivity contribution >= 4 is 5.97 Å². The van der Waals surface area contributed by atoms with Crippen LogP contribution in [0.25, 0.3) is 0 Å². The third-order valence-electron chi connectivity index (χ3n) is 3.34. The van der Waals surface area contributed by atoms with Crippen LogP contribution in [0.1, 0.15) is 55.8 Å². The van der Waals surface area contributed by atoms with Gasteiger partial charge in [0, 0.05) is 0 Å². The van der Waals surface area contributed by atoms with Crippen molar-refractivity contribution in [1.82, 2.24) is 0 Å². The van der Waals surface area contributed by atoms with Gasteiger partial charge < -0.3 is 14.2 Å². The number of hydrogen-bond donors (Lipinski definition) is 0. The Morgan fingerprint density at radius 3 is 2.70 bits per heavy atom. The third-order valence-corrected chi connectivity index (χ3v) is 3.34. The number of ether oxygens (including phenoxy) is 3. The monoisotopic (exact) mass is 278 g/mol. The topological polar surface area (TPSA) is 44.8 Å². The molecule has 110 valence electrons. The minimum Gasteiger partial charge on any atom is -0.462 e. The smallest absolute Gasteiger partial charge is 0.338 e. The largest absolute Gasteiger partial charge is 0.462 e. The molecule has 1 aromatic carbocycles. The third kappa shape index (κ3) is 4.15. The first-order valence-electron chi connectivity index (χ1n) is 7.38. The van der Waals surface area contributed by atoms with Gasteiger partial charge in [-0.1, -0.05) is 39.0 Å². The number of carbonyl (C=O) groups is 1. The van der Waals surface area contributed by atoms with Crippen molar-refractivity contribution in [2.24, 2.45) is 0 Å². The van der Waals surface area contributed by atoms with E-state index in [1.807, 2.05) is 0 Å². The van der Waals surface area contributed by atoms with Crippen LogP contribution >= 0.6 is 0 Å². The van der Waals surface area contributed by atoms with Crippen LogP contribution in [0.3, 0.4) is 0 Å². The molecule has 0 saturated heterocycles. The normalized spacial score (nSPS) is 12.4. The van der Waals surface area contributed by atoms with Gasteiger partial charge >= 0.3 is 5.97 Å². The fourth-order valence-electron chi connectivity index (χ4n) is 2.15. The van der Waals surface area contributed by atoms with Crippen molar-refractivity contribution in [1.29, 1.82) is 0 Å². The Balaban J connectivity index is 1.67. The first-order chi connectivity index (χ1) is 9.81. The molecule has 0 aliphatic carbocycles. The Morgan fingerprint density at radius 2 is 1.85 bits per heavy atom. The second-order valence-corrected chi connectivity index (χ2v) is 4.97. The zero-order valence-corrected chi connectivity index (χ0v) is 12.0. The van der Waals surface area contributed by atoms with E-state index in [0.29, 0.717) is 23.7 Å². The Kier molecular flexibility index (Phi) is 5.71. The molecule has 4 nitrogen and oxygen atoms in total. The summed E-state index contributed by atoms with van der Waals surface area (Å²) in [6, 6.07) is 5.12. The molecule has 0 bridgehead atoms. The van der Waals surface area contributed by atoms with Gasteiger partial charge in [-0.2, -0.15) is 0 Å². The predicted octanol–water partition coefficient (Wildman–Crippen LogP) is 3.93. The van der Waals surface area contributed by atoms with Crippen molar-refractivity contribution < 1.29 is 19.0 Å². The molecule has 2 rings (SSSR count). The van der Waals surface area contributed by atoms with E-state index in [-0.39, 0.29) is 12.8 Å². The van der Waals surface area contributed by atoms with E-state index in [1.54, 1.807) is 18.2 Å². The van der Waals surface area contributed by atoms with Gasteiger partial charge in [0.1, 0.15) is 0 Å². The highest BCUT2D eigenvalue weighted by Gasteiger charge is 2.16. The van der Waals surface area contributed by atoms with Crippen LogP contribution in [-0.2, 0) is 4.74 Å². The van der Waals surface area contributed by atoms with Gasteiger partial charge in [0.2, 0.25) is 6.79 Å². The van der Waals surface area contributed by atoms with E-state index < -0.39 is 0 Å². The van der Waals surface area contributed by atoms with Gasteiger partial charge in [-0.05, 0) is 24.6 Å². The lowest BCUT2D eigenvalue weighted by molar-refractivity contribution is 0.0497. The maximum atomic E-state index is 11.9. The fourth-order valence-corrected chi connectivity index (χ4v) is 2.15. The minimum absolute atomic E-state index is 0.214. The number of rotatable bonds is 8.